The summed E-state index contributed by atoms with van der Waals surface area (Å²) < 4.78 is 40.7. The predicted molar refractivity (Wildman–Crippen MR) is 114 cm³/mol. The van der Waals surface area contributed by atoms with Crippen LogP contribution in [0, 0.1) is 5.82 Å². The van der Waals surface area contributed by atoms with E-state index >= 15 is 0 Å². The molecule has 1 amide bonds. The number of nitrogens with one attached hydrogen (secondary N) is 1. The Balaban J connectivity index is 2.52. The first-order valence-corrected chi connectivity index (χ1v) is 11.2. The summed E-state index contributed by atoms with van der Waals surface area (Å²) in [5, 5.41) is 2.76. The summed E-state index contributed by atoms with van der Waals surface area (Å²) in [5.41, 5.74) is 1.24. The summed E-state index contributed by atoms with van der Waals surface area (Å²) in [4.78, 5) is 14.8. The second-order valence-electron chi connectivity index (χ2n) is 6.41. The highest BCUT2D eigenvalue weighted by atomic mass is 32.2. The molecule has 8 heteroatoms. The molecule has 0 spiro atoms. The topological polar surface area (TPSA) is 69.7 Å². The molecule has 0 aliphatic rings. The maximum atomic E-state index is 13.5. The van der Waals surface area contributed by atoms with Gasteiger partial charge < -0.3 is 10.2 Å². The number of hydrogen-bond acceptors (Lipinski definition) is 4. The molecule has 0 radical (unpaired) electrons. The minimum atomic E-state index is -3.68. The fraction of sp³-hybridized carbons (Fsp3) is 0.381. The lowest BCUT2D eigenvalue weighted by Gasteiger charge is -2.26. The van der Waals surface area contributed by atoms with E-state index in [1.165, 1.54) is 28.6 Å². The number of carbonyl (C=O) groups excluding carboxylic acids is 1. The highest BCUT2D eigenvalue weighted by Crippen LogP contribution is 2.30. The molecule has 0 heterocycles. The van der Waals surface area contributed by atoms with Gasteiger partial charge in [-0.15, -0.1) is 0 Å². The molecule has 0 unspecified atom stereocenters. The quantitative estimate of drug-likeness (QED) is 0.666. The maximum absolute atomic E-state index is 13.5. The van der Waals surface area contributed by atoms with Gasteiger partial charge in [0.25, 0.3) is 5.91 Å². The van der Waals surface area contributed by atoms with E-state index in [1.54, 1.807) is 26.0 Å². The van der Waals surface area contributed by atoms with E-state index in [-0.39, 0.29) is 10.5 Å². The number of anilines is 2. The van der Waals surface area contributed by atoms with Crippen LogP contribution in [-0.4, -0.2) is 44.8 Å². The highest BCUT2D eigenvalue weighted by Gasteiger charge is 2.24. The third-order valence-corrected chi connectivity index (χ3v) is 6.80. The first kappa shape index (κ1) is 22.8. The van der Waals surface area contributed by atoms with Gasteiger partial charge in [0.1, 0.15) is 5.82 Å². The monoisotopic (exact) mass is 421 g/mol. The molecule has 0 saturated carbocycles. The number of rotatable bonds is 9. The van der Waals surface area contributed by atoms with E-state index < -0.39 is 21.7 Å². The number of halogens is 1. The van der Waals surface area contributed by atoms with Crippen molar-refractivity contribution in [1.82, 2.24) is 4.31 Å². The lowest BCUT2D eigenvalue weighted by Crippen LogP contribution is -2.31. The number of hydrogen-bond donors (Lipinski definition) is 1. The van der Waals surface area contributed by atoms with Crippen molar-refractivity contribution < 1.29 is 17.6 Å². The Morgan fingerprint density at radius 1 is 0.966 bits per heavy atom. The molecule has 2 aromatic rings. The first-order chi connectivity index (χ1) is 13.8. The third kappa shape index (κ3) is 5.13. The Labute approximate surface area is 172 Å². The van der Waals surface area contributed by atoms with Crippen LogP contribution in [0.4, 0.5) is 15.8 Å². The standard InChI is InChI=1S/C21H28FN3O3S/c1-5-24(6-2)20-13-12-18(29(27,28)25(7-3)8-4)15-19(20)23-21(26)16-10-9-11-17(22)14-16/h9-15H,5-8H2,1-4H3,(H,23,26). The summed E-state index contributed by atoms with van der Waals surface area (Å²) in [6, 6.07) is 10.1. The second kappa shape index (κ2) is 9.84. The summed E-state index contributed by atoms with van der Waals surface area (Å²) in [5.74, 6) is -1.02. The second-order valence-corrected chi connectivity index (χ2v) is 8.34. The zero-order valence-electron chi connectivity index (χ0n) is 17.3. The van der Waals surface area contributed by atoms with Gasteiger partial charge in [0.05, 0.1) is 16.3 Å². The number of benzene rings is 2. The lowest BCUT2D eigenvalue weighted by atomic mass is 10.2. The fourth-order valence-electron chi connectivity index (χ4n) is 3.15. The van der Waals surface area contributed by atoms with Crippen molar-refractivity contribution in [3.8, 4) is 0 Å². The zero-order valence-corrected chi connectivity index (χ0v) is 18.1. The van der Waals surface area contributed by atoms with E-state index in [4.69, 9.17) is 0 Å². The van der Waals surface area contributed by atoms with Gasteiger partial charge in [-0.3, -0.25) is 4.79 Å². The molecular formula is C21H28FN3O3S. The van der Waals surface area contributed by atoms with Crippen molar-refractivity contribution in [2.75, 3.05) is 36.4 Å². The number of amides is 1. The minimum absolute atomic E-state index is 0.103. The third-order valence-electron chi connectivity index (χ3n) is 4.75. The van der Waals surface area contributed by atoms with Crippen LogP contribution < -0.4 is 10.2 Å². The first-order valence-electron chi connectivity index (χ1n) is 9.74. The average molecular weight is 422 g/mol. The minimum Gasteiger partial charge on any atom is -0.370 e. The van der Waals surface area contributed by atoms with Crippen LogP contribution in [0.3, 0.4) is 0 Å². The van der Waals surface area contributed by atoms with Gasteiger partial charge in [0.15, 0.2) is 0 Å². The van der Waals surface area contributed by atoms with Crippen LogP contribution >= 0.6 is 0 Å². The van der Waals surface area contributed by atoms with Gasteiger partial charge in [-0.25, -0.2) is 12.8 Å². The molecule has 0 aromatic heterocycles. The lowest BCUT2D eigenvalue weighted by molar-refractivity contribution is 0.102. The molecule has 1 N–H and O–H groups in total. The molecule has 158 valence electrons. The van der Waals surface area contributed by atoms with Crippen LogP contribution in [0.25, 0.3) is 0 Å². The Morgan fingerprint density at radius 2 is 1.62 bits per heavy atom. The van der Waals surface area contributed by atoms with Crippen LogP contribution in [0.2, 0.25) is 0 Å². The normalized spacial score (nSPS) is 11.5. The van der Waals surface area contributed by atoms with Gasteiger partial charge in [0.2, 0.25) is 10.0 Å². The van der Waals surface area contributed by atoms with Gasteiger partial charge in [0, 0.05) is 31.7 Å². The molecule has 0 bridgehead atoms. The molecule has 2 aromatic carbocycles. The summed E-state index contributed by atoms with van der Waals surface area (Å²) in [6.45, 7) is 9.56. The summed E-state index contributed by atoms with van der Waals surface area (Å²) >= 11 is 0. The number of nitrogens with zero attached hydrogens (tertiary/aromatic N) is 2. The van der Waals surface area contributed by atoms with Gasteiger partial charge >= 0.3 is 0 Å². The number of sulfonamides is 1. The summed E-state index contributed by atoms with van der Waals surface area (Å²) in [7, 11) is -3.68. The van der Waals surface area contributed by atoms with Crippen LogP contribution in [0.15, 0.2) is 47.4 Å². The van der Waals surface area contributed by atoms with Gasteiger partial charge in [-0.05, 0) is 50.2 Å². The molecule has 2 rings (SSSR count). The van der Waals surface area contributed by atoms with E-state index in [2.05, 4.69) is 5.32 Å². The average Bonchev–Trinajstić information content (AvgIpc) is 2.70. The van der Waals surface area contributed by atoms with E-state index in [0.29, 0.717) is 37.6 Å². The largest absolute Gasteiger partial charge is 0.370 e. The molecular weight excluding hydrogens is 393 g/mol. The molecule has 0 fully saturated rings. The maximum Gasteiger partial charge on any atom is 0.255 e. The van der Waals surface area contributed by atoms with Crippen molar-refractivity contribution in [3.05, 3.63) is 53.8 Å². The van der Waals surface area contributed by atoms with Crippen molar-refractivity contribution in [3.63, 3.8) is 0 Å². The Morgan fingerprint density at radius 3 is 2.17 bits per heavy atom. The van der Waals surface area contributed by atoms with E-state index in [0.717, 1.165) is 6.07 Å². The van der Waals surface area contributed by atoms with Crippen molar-refractivity contribution in [2.45, 2.75) is 32.6 Å². The van der Waals surface area contributed by atoms with Crippen LogP contribution in [0.1, 0.15) is 38.1 Å². The molecule has 0 saturated heterocycles. The van der Waals surface area contributed by atoms with Gasteiger partial charge in [-0.2, -0.15) is 4.31 Å². The highest BCUT2D eigenvalue weighted by molar-refractivity contribution is 7.89. The Kier molecular flexibility index (Phi) is 7.75. The summed E-state index contributed by atoms with van der Waals surface area (Å²) in [6.07, 6.45) is 0. The van der Waals surface area contributed by atoms with Crippen molar-refractivity contribution in [2.24, 2.45) is 0 Å². The Bertz CT molecular complexity index is 955. The smallest absolute Gasteiger partial charge is 0.255 e. The van der Waals surface area contributed by atoms with Crippen molar-refractivity contribution >= 4 is 27.3 Å². The van der Waals surface area contributed by atoms with Crippen LogP contribution in [0.5, 0.6) is 0 Å². The molecule has 6 nitrogen and oxygen atoms in total. The molecule has 0 aliphatic carbocycles. The zero-order chi connectivity index (χ0) is 21.6. The Hall–Kier alpha value is -2.45. The fourth-order valence-corrected chi connectivity index (χ4v) is 4.64. The SMILES string of the molecule is CCN(CC)c1ccc(S(=O)(=O)N(CC)CC)cc1NC(=O)c1cccc(F)c1. The van der Waals surface area contributed by atoms with Crippen molar-refractivity contribution in [1.29, 1.82) is 0 Å². The van der Waals surface area contributed by atoms with Crippen LogP contribution in [-0.2, 0) is 10.0 Å². The number of carbonyl (C=O) groups is 1. The van der Waals surface area contributed by atoms with Gasteiger partial charge in [-0.1, -0.05) is 19.9 Å². The predicted octanol–water partition coefficient (Wildman–Crippen LogP) is 3.95. The molecule has 0 aliphatic heterocycles. The van der Waals surface area contributed by atoms with E-state index in [1.807, 2.05) is 18.7 Å². The molecule has 29 heavy (non-hydrogen) atoms. The van der Waals surface area contributed by atoms with E-state index in [9.17, 15) is 17.6 Å². The molecule has 0 atom stereocenters.